The van der Waals surface area contributed by atoms with Gasteiger partial charge in [0.1, 0.15) is 5.75 Å². The lowest BCUT2D eigenvalue weighted by molar-refractivity contribution is -0.149. The minimum Gasteiger partial charge on any atom is -0.482 e. The minimum absolute atomic E-state index is 0.239. The third-order valence-electron chi connectivity index (χ3n) is 3.58. The van der Waals surface area contributed by atoms with Crippen molar-refractivity contribution < 1.29 is 19.1 Å². The lowest BCUT2D eigenvalue weighted by Gasteiger charge is -2.10. The van der Waals surface area contributed by atoms with Gasteiger partial charge in [0.2, 0.25) is 0 Å². The maximum Gasteiger partial charge on any atom is 0.344 e. The Morgan fingerprint density at radius 1 is 1.04 bits per heavy atom. The van der Waals surface area contributed by atoms with E-state index in [0.717, 1.165) is 16.0 Å². The van der Waals surface area contributed by atoms with E-state index >= 15 is 0 Å². The fourth-order valence-corrected chi connectivity index (χ4v) is 2.62. The van der Waals surface area contributed by atoms with E-state index in [0.29, 0.717) is 11.4 Å². The summed E-state index contributed by atoms with van der Waals surface area (Å²) in [6, 6.07) is 13.0. The first-order chi connectivity index (χ1) is 12.0. The van der Waals surface area contributed by atoms with Crippen LogP contribution in [-0.4, -0.2) is 31.3 Å². The molecule has 25 heavy (non-hydrogen) atoms. The SMILES string of the molecule is CSc1ccccc1NC(=O)COC(=O)COc1ccc(C)c(C)c1. The summed E-state index contributed by atoms with van der Waals surface area (Å²) >= 11 is 1.53. The summed E-state index contributed by atoms with van der Waals surface area (Å²) in [7, 11) is 0. The monoisotopic (exact) mass is 359 g/mol. The molecular formula is C19H21NO4S. The zero-order valence-electron chi connectivity index (χ0n) is 14.5. The van der Waals surface area contributed by atoms with Crippen molar-refractivity contribution in [2.24, 2.45) is 0 Å². The van der Waals surface area contributed by atoms with Gasteiger partial charge in [-0.25, -0.2) is 4.79 Å². The lowest BCUT2D eigenvalue weighted by atomic mass is 10.1. The highest BCUT2D eigenvalue weighted by Crippen LogP contribution is 2.24. The lowest BCUT2D eigenvalue weighted by Crippen LogP contribution is -2.23. The molecule has 0 aromatic heterocycles. The summed E-state index contributed by atoms with van der Waals surface area (Å²) in [6.07, 6.45) is 1.93. The Morgan fingerprint density at radius 2 is 1.80 bits per heavy atom. The maximum absolute atomic E-state index is 11.9. The summed E-state index contributed by atoms with van der Waals surface area (Å²) in [5.74, 6) is -0.383. The van der Waals surface area contributed by atoms with Crippen molar-refractivity contribution in [2.45, 2.75) is 18.7 Å². The Morgan fingerprint density at radius 3 is 2.52 bits per heavy atom. The van der Waals surface area contributed by atoms with Crippen LogP contribution in [0.5, 0.6) is 5.75 Å². The van der Waals surface area contributed by atoms with E-state index in [9.17, 15) is 9.59 Å². The molecule has 0 saturated carbocycles. The number of thioether (sulfide) groups is 1. The zero-order valence-corrected chi connectivity index (χ0v) is 15.3. The summed E-state index contributed by atoms with van der Waals surface area (Å²) < 4.78 is 10.3. The quantitative estimate of drug-likeness (QED) is 0.605. The molecule has 0 fully saturated rings. The zero-order chi connectivity index (χ0) is 18.2. The van der Waals surface area contributed by atoms with Crippen molar-refractivity contribution in [1.82, 2.24) is 0 Å². The predicted molar refractivity (Wildman–Crippen MR) is 99.2 cm³/mol. The van der Waals surface area contributed by atoms with Gasteiger partial charge in [-0.15, -0.1) is 11.8 Å². The molecule has 0 aliphatic rings. The highest BCUT2D eigenvalue weighted by atomic mass is 32.2. The topological polar surface area (TPSA) is 64.6 Å². The number of carbonyl (C=O) groups excluding carboxylic acids is 2. The highest BCUT2D eigenvalue weighted by Gasteiger charge is 2.10. The molecule has 2 rings (SSSR count). The van der Waals surface area contributed by atoms with Crippen LogP contribution in [0.3, 0.4) is 0 Å². The van der Waals surface area contributed by atoms with Crippen molar-refractivity contribution in [1.29, 1.82) is 0 Å². The van der Waals surface area contributed by atoms with Gasteiger partial charge in [0.05, 0.1) is 5.69 Å². The molecule has 0 saturated heterocycles. The number of benzene rings is 2. The Kier molecular flexibility index (Phi) is 6.89. The van der Waals surface area contributed by atoms with Crippen LogP contribution < -0.4 is 10.1 Å². The molecule has 0 unspecified atom stereocenters. The number of hydrogen-bond donors (Lipinski definition) is 1. The fourth-order valence-electron chi connectivity index (χ4n) is 2.07. The first-order valence-corrected chi connectivity index (χ1v) is 9.00. The van der Waals surface area contributed by atoms with Crippen LogP contribution in [0.25, 0.3) is 0 Å². The first kappa shape index (κ1) is 18.9. The van der Waals surface area contributed by atoms with E-state index in [-0.39, 0.29) is 19.1 Å². The van der Waals surface area contributed by atoms with Gasteiger partial charge in [0.15, 0.2) is 13.2 Å². The molecule has 0 bridgehead atoms. The van der Waals surface area contributed by atoms with E-state index in [1.807, 2.05) is 50.4 Å². The van der Waals surface area contributed by atoms with Crippen LogP contribution in [0.1, 0.15) is 11.1 Å². The maximum atomic E-state index is 11.9. The van der Waals surface area contributed by atoms with Crippen LogP contribution >= 0.6 is 11.8 Å². The van der Waals surface area contributed by atoms with Crippen molar-refractivity contribution in [3.05, 3.63) is 53.6 Å². The number of rotatable bonds is 7. The standard InChI is InChI=1S/C19H21NO4S/c1-13-8-9-15(10-14(13)2)23-12-19(22)24-11-18(21)20-16-6-4-5-7-17(16)25-3/h4-10H,11-12H2,1-3H3,(H,20,21). The molecule has 2 aromatic rings. The second-order valence-corrected chi connectivity index (χ2v) is 6.29. The normalized spacial score (nSPS) is 10.2. The van der Waals surface area contributed by atoms with Gasteiger partial charge in [-0.3, -0.25) is 4.79 Å². The molecule has 0 aliphatic carbocycles. The summed E-state index contributed by atoms with van der Waals surface area (Å²) in [5, 5.41) is 2.73. The van der Waals surface area contributed by atoms with Crippen LogP contribution in [0.2, 0.25) is 0 Å². The number of para-hydroxylation sites is 1. The van der Waals surface area contributed by atoms with E-state index in [2.05, 4.69) is 5.32 Å². The Labute approximate surface area is 151 Å². The van der Waals surface area contributed by atoms with Gasteiger partial charge in [-0.2, -0.15) is 0 Å². The molecule has 0 spiro atoms. The Balaban J connectivity index is 1.77. The van der Waals surface area contributed by atoms with Gasteiger partial charge in [-0.05, 0) is 55.5 Å². The summed E-state index contributed by atoms with van der Waals surface area (Å²) in [6.45, 7) is 3.38. The number of nitrogens with one attached hydrogen (secondary N) is 1. The van der Waals surface area contributed by atoms with Gasteiger partial charge >= 0.3 is 5.97 Å². The van der Waals surface area contributed by atoms with Crippen LogP contribution in [-0.2, 0) is 14.3 Å². The van der Waals surface area contributed by atoms with Crippen LogP contribution in [0, 0.1) is 13.8 Å². The van der Waals surface area contributed by atoms with Gasteiger partial charge in [-0.1, -0.05) is 18.2 Å². The van der Waals surface area contributed by atoms with Crippen LogP contribution in [0.4, 0.5) is 5.69 Å². The summed E-state index contributed by atoms with van der Waals surface area (Å²) in [4.78, 5) is 24.6. The largest absolute Gasteiger partial charge is 0.482 e. The average Bonchev–Trinajstić information content (AvgIpc) is 2.61. The molecule has 0 heterocycles. The average molecular weight is 359 g/mol. The number of aryl methyl sites for hydroxylation is 2. The Hall–Kier alpha value is -2.47. The molecule has 132 valence electrons. The first-order valence-electron chi connectivity index (χ1n) is 7.78. The number of hydrogen-bond acceptors (Lipinski definition) is 5. The smallest absolute Gasteiger partial charge is 0.344 e. The van der Waals surface area contributed by atoms with Crippen LogP contribution in [0.15, 0.2) is 47.4 Å². The van der Waals surface area contributed by atoms with Gasteiger partial charge in [0.25, 0.3) is 5.91 Å². The number of carbonyl (C=O) groups is 2. The number of amides is 1. The van der Waals surface area contributed by atoms with Gasteiger partial charge < -0.3 is 14.8 Å². The second kappa shape index (κ2) is 9.13. The minimum atomic E-state index is -0.591. The van der Waals surface area contributed by atoms with Gasteiger partial charge in [0, 0.05) is 4.90 Å². The third-order valence-corrected chi connectivity index (χ3v) is 4.38. The number of anilines is 1. The summed E-state index contributed by atoms with van der Waals surface area (Å²) in [5.41, 5.74) is 2.93. The molecule has 6 heteroatoms. The second-order valence-electron chi connectivity index (χ2n) is 5.44. The highest BCUT2D eigenvalue weighted by molar-refractivity contribution is 7.98. The van der Waals surface area contributed by atoms with E-state index in [4.69, 9.17) is 9.47 Å². The molecule has 2 aromatic carbocycles. The van der Waals surface area contributed by atoms with E-state index < -0.39 is 5.97 Å². The molecule has 5 nitrogen and oxygen atoms in total. The molecule has 1 N–H and O–H groups in total. The van der Waals surface area contributed by atoms with Crippen molar-refractivity contribution >= 4 is 29.3 Å². The molecule has 0 aliphatic heterocycles. The fraction of sp³-hybridized carbons (Fsp3) is 0.263. The molecule has 0 atom stereocenters. The van der Waals surface area contributed by atoms with Crippen molar-refractivity contribution in [3.8, 4) is 5.75 Å². The van der Waals surface area contributed by atoms with Crippen molar-refractivity contribution in [3.63, 3.8) is 0 Å². The van der Waals surface area contributed by atoms with Crippen molar-refractivity contribution in [2.75, 3.05) is 24.8 Å². The molecule has 0 radical (unpaired) electrons. The third kappa shape index (κ3) is 5.83. The predicted octanol–water partition coefficient (Wildman–Crippen LogP) is 3.59. The Bertz CT molecular complexity index is 761. The van der Waals surface area contributed by atoms with E-state index in [1.165, 1.54) is 11.8 Å². The molecular weight excluding hydrogens is 338 g/mol. The molecule has 1 amide bonds. The number of ether oxygens (including phenoxy) is 2. The van der Waals surface area contributed by atoms with E-state index in [1.54, 1.807) is 12.1 Å². The number of esters is 1.